The Labute approximate surface area is 200 Å². The fraction of sp³-hybridized carbons (Fsp3) is 0.792. The number of carboxylic acids is 4. The van der Waals surface area contributed by atoms with Crippen molar-refractivity contribution in [3.8, 4) is 0 Å². The number of carbonyl (C=O) groups is 5. The van der Waals surface area contributed by atoms with E-state index in [9.17, 15) is 44.4 Å². The molecule has 10 nitrogen and oxygen atoms in total. The van der Waals surface area contributed by atoms with Crippen molar-refractivity contribution in [3.05, 3.63) is 0 Å². The number of carbonyl (C=O) groups excluding carboxylic acids is 1. The summed E-state index contributed by atoms with van der Waals surface area (Å²) in [7, 11) is 0. The lowest BCUT2D eigenvalue weighted by molar-refractivity contribution is -0.181. The maximum absolute atomic E-state index is 12.9. The minimum atomic E-state index is -2.16. The van der Waals surface area contributed by atoms with Crippen molar-refractivity contribution in [3.63, 3.8) is 0 Å². The van der Waals surface area contributed by atoms with E-state index >= 15 is 0 Å². The van der Waals surface area contributed by atoms with Gasteiger partial charge in [0.25, 0.3) is 0 Å². The topological polar surface area (TPSA) is 178 Å². The van der Waals surface area contributed by atoms with Crippen molar-refractivity contribution in [2.75, 3.05) is 0 Å². The SMILES string of the molecule is CCC(NC(C)=O)(C(=O)O)C1(CC(=O)O)CCCCCCCCCCC1(CC(=O)O)CC(=O)O. The molecule has 5 N–H and O–H groups in total. The maximum atomic E-state index is 12.9. The minimum Gasteiger partial charge on any atom is -0.481 e. The normalized spacial score (nSPS) is 23.4. The van der Waals surface area contributed by atoms with Gasteiger partial charge in [-0.1, -0.05) is 58.3 Å². The molecule has 0 aromatic heterocycles. The molecular formula is C24H39NO9. The molecule has 1 aliphatic carbocycles. The fourth-order valence-electron chi connectivity index (χ4n) is 6.22. The quantitative estimate of drug-likeness (QED) is 0.309. The molecule has 10 heteroatoms. The van der Waals surface area contributed by atoms with Crippen molar-refractivity contribution in [1.29, 1.82) is 0 Å². The van der Waals surface area contributed by atoms with Crippen LogP contribution in [-0.4, -0.2) is 55.7 Å². The largest absolute Gasteiger partial charge is 0.481 e. The van der Waals surface area contributed by atoms with Gasteiger partial charge in [-0.3, -0.25) is 19.2 Å². The van der Waals surface area contributed by atoms with Gasteiger partial charge in [-0.2, -0.15) is 0 Å². The van der Waals surface area contributed by atoms with Crippen molar-refractivity contribution in [2.45, 2.75) is 109 Å². The van der Waals surface area contributed by atoms with Crippen molar-refractivity contribution >= 4 is 29.8 Å². The summed E-state index contributed by atoms with van der Waals surface area (Å²) >= 11 is 0. The van der Waals surface area contributed by atoms with Gasteiger partial charge in [0.05, 0.1) is 19.3 Å². The Hall–Kier alpha value is -2.65. The molecule has 2 atom stereocenters. The second-order valence-electron chi connectivity index (χ2n) is 9.65. The Morgan fingerprint density at radius 2 is 1.12 bits per heavy atom. The Balaban J connectivity index is 4.09. The second-order valence-corrected chi connectivity index (χ2v) is 9.65. The monoisotopic (exact) mass is 485 g/mol. The van der Waals surface area contributed by atoms with E-state index in [4.69, 9.17) is 0 Å². The highest BCUT2D eigenvalue weighted by Crippen LogP contribution is 2.61. The van der Waals surface area contributed by atoms with Gasteiger partial charge in [-0.15, -0.1) is 0 Å². The Kier molecular flexibility index (Phi) is 11.0. The number of rotatable bonds is 10. The van der Waals surface area contributed by atoms with Crippen LogP contribution in [0, 0.1) is 10.8 Å². The van der Waals surface area contributed by atoms with Gasteiger partial charge in [0, 0.05) is 17.8 Å². The van der Waals surface area contributed by atoms with Gasteiger partial charge in [-0.05, 0) is 19.3 Å². The summed E-state index contributed by atoms with van der Waals surface area (Å²) in [5, 5.41) is 42.7. The van der Waals surface area contributed by atoms with Crippen LogP contribution < -0.4 is 5.32 Å². The zero-order valence-corrected chi connectivity index (χ0v) is 20.2. The smallest absolute Gasteiger partial charge is 0.330 e. The molecule has 34 heavy (non-hydrogen) atoms. The summed E-state index contributed by atoms with van der Waals surface area (Å²) in [4.78, 5) is 61.7. The first-order valence-electron chi connectivity index (χ1n) is 12.1. The van der Waals surface area contributed by atoms with Crippen LogP contribution in [0.15, 0.2) is 0 Å². The zero-order valence-electron chi connectivity index (χ0n) is 20.2. The number of hydrogen-bond acceptors (Lipinski definition) is 5. The third kappa shape index (κ3) is 6.70. The van der Waals surface area contributed by atoms with Crippen LogP contribution in [0.5, 0.6) is 0 Å². The Bertz CT molecular complexity index is 750. The molecule has 0 radical (unpaired) electrons. The van der Waals surface area contributed by atoms with Crippen LogP contribution in [0.3, 0.4) is 0 Å². The molecule has 1 rings (SSSR count). The van der Waals surface area contributed by atoms with Crippen LogP contribution in [-0.2, 0) is 24.0 Å². The van der Waals surface area contributed by atoms with Gasteiger partial charge >= 0.3 is 23.9 Å². The number of carboxylic acid groups (broad SMARTS) is 4. The summed E-state index contributed by atoms with van der Waals surface area (Å²) in [5.74, 6) is -6.22. The van der Waals surface area contributed by atoms with E-state index in [1.165, 1.54) is 6.92 Å². The standard InChI is InChI=1S/C24H39NO9/c1-3-24(21(33)34,25-17(2)26)23(16-20(31)32)13-11-9-7-5-4-6-8-10-12-22(23,14-18(27)28)15-19(29)30/h3-16H2,1-2H3,(H,25,26)(H,27,28)(H,29,30)(H,31,32)(H,33,34). The Morgan fingerprint density at radius 3 is 1.47 bits per heavy atom. The summed E-state index contributed by atoms with van der Waals surface area (Å²) in [6, 6.07) is 0. The van der Waals surface area contributed by atoms with E-state index in [1.807, 2.05) is 0 Å². The predicted octanol–water partition coefficient (Wildman–Crippen LogP) is 3.67. The first kappa shape index (κ1) is 29.4. The average molecular weight is 486 g/mol. The van der Waals surface area contributed by atoms with Gasteiger partial charge in [0.15, 0.2) is 0 Å². The van der Waals surface area contributed by atoms with Gasteiger partial charge < -0.3 is 25.7 Å². The van der Waals surface area contributed by atoms with E-state index in [0.29, 0.717) is 25.7 Å². The first-order valence-corrected chi connectivity index (χ1v) is 12.1. The van der Waals surface area contributed by atoms with Crippen LogP contribution in [0.25, 0.3) is 0 Å². The third-order valence-electron chi connectivity index (χ3n) is 7.56. The zero-order chi connectivity index (χ0) is 26.0. The highest BCUT2D eigenvalue weighted by Gasteiger charge is 2.67. The second kappa shape index (κ2) is 12.7. The van der Waals surface area contributed by atoms with E-state index in [-0.39, 0.29) is 19.3 Å². The summed E-state index contributed by atoms with van der Waals surface area (Å²) < 4.78 is 0. The Morgan fingerprint density at radius 1 is 0.706 bits per heavy atom. The fourth-order valence-corrected chi connectivity index (χ4v) is 6.22. The lowest BCUT2D eigenvalue weighted by Gasteiger charge is -2.58. The molecule has 0 spiro atoms. The third-order valence-corrected chi connectivity index (χ3v) is 7.56. The molecule has 1 saturated carbocycles. The van der Waals surface area contributed by atoms with E-state index in [0.717, 1.165) is 32.6 Å². The van der Waals surface area contributed by atoms with E-state index < -0.39 is 65.4 Å². The lowest BCUT2D eigenvalue weighted by Crippen LogP contribution is -2.70. The van der Waals surface area contributed by atoms with Gasteiger partial charge in [0.2, 0.25) is 5.91 Å². The number of nitrogens with one attached hydrogen (secondary N) is 1. The molecule has 1 amide bonds. The summed E-state index contributed by atoms with van der Waals surface area (Å²) in [6.07, 6.45) is 3.46. The first-order chi connectivity index (χ1) is 15.9. The maximum Gasteiger partial charge on any atom is 0.330 e. The number of aliphatic carboxylic acids is 4. The lowest BCUT2D eigenvalue weighted by atomic mass is 9.46. The van der Waals surface area contributed by atoms with Crippen molar-refractivity contribution in [2.24, 2.45) is 10.8 Å². The molecular weight excluding hydrogens is 446 g/mol. The molecule has 0 aromatic carbocycles. The van der Waals surface area contributed by atoms with E-state index in [2.05, 4.69) is 5.32 Å². The van der Waals surface area contributed by atoms with Crippen LogP contribution in [0.1, 0.15) is 104 Å². The molecule has 0 aliphatic heterocycles. The molecule has 0 saturated heterocycles. The molecule has 0 heterocycles. The van der Waals surface area contributed by atoms with Crippen LogP contribution in [0.4, 0.5) is 0 Å². The van der Waals surface area contributed by atoms with Gasteiger partial charge in [-0.25, -0.2) is 4.79 Å². The number of amides is 1. The predicted molar refractivity (Wildman–Crippen MR) is 122 cm³/mol. The van der Waals surface area contributed by atoms with Crippen LogP contribution in [0.2, 0.25) is 0 Å². The summed E-state index contributed by atoms with van der Waals surface area (Å²) in [5.41, 5.74) is -5.72. The number of hydrogen-bond donors (Lipinski definition) is 5. The van der Waals surface area contributed by atoms with Crippen molar-refractivity contribution < 1.29 is 44.4 Å². The van der Waals surface area contributed by atoms with Crippen molar-refractivity contribution in [1.82, 2.24) is 5.32 Å². The molecule has 1 aliphatic rings. The molecule has 194 valence electrons. The van der Waals surface area contributed by atoms with E-state index in [1.54, 1.807) is 0 Å². The summed E-state index contributed by atoms with van der Waals surface area (Å²) in [6.45, 7) is 2.61. The van der Waals surface area contributed by atoms with Gasteiger partial charge in [0.1, 0.15) is 5.54 Å². The minimum absolute atomic E-state index is 0.0275. The highest BCUT2D eigenvalue weighted by atomic mass is 16.4. The van der Waals surface area contributed by atoms with Crippen LogP contribution >= 0.6 is 0 Å². The molecule has 1 fully saturated rings. The molecule has 0 aromatic rings. The molecule has 2 unspecified atom stereocenters. The highest BCUT2D eigenvalue weighted by molar-refractivity contribution is 5.88. The average Bonchev–Trinajstić information content (AvgIpc) is 2.69. The molecule has 0 bridgehead atoms.